The molecule has 0 radical (unpaired) electrons. The molecule has 6 heteroatoms. The first-order valence-corrected chi connectivity index (χ1v) is 9.72. The monoisotopic (exact) mass is 398 g/mol. The Bertz CT molecular complexity index is 503. The zero-order valence-electron chi connectivity index (χ0n) is 18.6. The van der Waals surface area contributed by atoms with Crippen molar-refractivity contribution in [1.82, 2.24) is 0 Å². The molecule has 1 heterocycles. The Balaban J connectivity index is 0.00000108. The highest BCUT2D eigenvalue weighted by atomic mass is 16.6. The number of hydrogen-bond donors (Lipinski definition) is 0. The van der Waals surface area contributed by atoms with E-state index in [1.54, 1.807) is 28.4 Å². The van der Waals surface area contributed by atoms with E-state index in [1.807, 2.05) is 32.0 Å². The Morgan fingerprint density at radius 1 is 0.857 bits per heavy atom. The topological polar surface area (TPSA) is 63.2 Å². The van der Waals surface area contributed by atoms with Crippen LogP contribution in [0.5, 0.6) is 0 Å². The minimum absolute atomic E-state index is 0.108. The molecule has 1 aliphatic rings. The number of carbonyl (C=O) groups is 1. The highest BCUT2D eigenvalue weighted by molar-refractivity contribution is 5.72. The van der Waals surface area contributed by atoms with E-state index in [4.69, 9.17) is 23.7 Å². The van der Waals surface area contributed by atoms with Crippen LogP contribution >= 0.6 is 0 Å². The fourth-order valence-electron chi connectivity index (χ4n) is 3.14. The van der Waals surface area contributed by atoms with Crippen molar-refractivity contribution in [2.24, 2.45) is 0 Å². The van der Waals surface area contributed by atoms with Crippen molar-refractivity contribution >= 4 is 5.78 Å². The Morgan fingerprint density at radius 2 is 1.32 bits per heavy atom. The van der Waals surface area contributed by atoms with Crippen LogP contribution in [0.2, 0.25) is 0 Å². The highest BCUT2D eigenvalue weighted by Gasteiger charge is 2.46. The van der Waals surface area contributed by atoms with Gasteiger partial charge < -0.3 is 28.5 Å². The maximum Gasteiger partial charge on any atom is 0.126 e. The molecule has 0 amide bonds. The van der Waals surface area contributed by atoms with Crippen LogP contribution in [0.1, 0.15) is 33.3 Å². The summed E-state index contributed by atoms with van der Waals surface area (Å²) in [5.41, 5.74) is 1.21. The van der Waals surface area contributed by atoms with Gasteiger partial charge in [0, 0.05) is 34.9 Å². The molecule has 1 aliphatic heterocycles. The lowest BCUT2D eigenvalue weighted by molar-refractivity contribution is -0.249. The van der Waals surface area contributed by atoms with Crippen molar-refractivity contribution in [3.05, 3.63) is 35.9 Å². The van der Waals surface area contributed by atoms with E-state index in [1.165, 1.54) is 19.4 Å². The van der Waals surface area contributed by atoms with Gasteiger partial charge in [-0.15, -0.1) is 0 Å². The smallest absolute Gasteiger partial charge is 0.126 e. The first kappa shape index (κ1) is 26.7. The van der Waals surface area contributed by atoms with Gasteiger partial charge in [-0.2, -0.15) is 0 Å². The average molecular weight is 399 g/mol. The standard InChI is InChI=1S/C17H26O5.C3H6O.C2H6/c1-18-11-14-16(20-3)17(21-4)15(19-2)13(22-14)10-12-8-6-5-7-9-12;1-3(2)4;1-2/h5-9,13-17H,10-11H2,1-4H3;1-2H3;1-2H3. The second kappa shape index (κ2) is 15.6. The molecule has 0 N–H and O–H groups in total. The first-order chi connectivity index (χ1) is 13.5. The van der Waals surface area contributed by atoms with Crippen molar-refractivity contribution in [2.75, 3.05) is 35.0 Å². The summed E-state index contributed by atoms with van der Waals surface area (Å²) < 4.78 is 28.4. The number of benzene rings is 1. The lowest BCUT2D eigenvalue weighted by atomic mass is 9.91. The van der Waals surface area contributed by atoms with Gasteiger partial charge in [-0.3, -0.25) is 0 Å². The van der Waals surface area contributed by atoms with E-state index >= 15 is 0 Å². The van der Waals surface area contributed by atoms with Crippen molar-refractivity contribution < 1.29 is 28.5 Å². The Kier molecular flexibility index (Phi) is 14.9. The zero-order chi connectivity index (χ0) is 21.5. The summed E-state index contributed by atoms with van der Waals surface area (Å²) in [5.74, 6) is 0.167. The molecule has 5 unspecified atom stereocenters. The first-order valence-electron chi connectivity index (χ1n) is 9.72. The lowest BCUT2D eigenvalue weighted by Crippen LogP contribution is -2.61. The SMILES string of the molecule is CC.CC(C)=O.COCC1OC(Cc2ccccc2)C(OC)C(OC)C1OC. The molecular weight excluding hydrogens is 360 g/mol. The predicted molar refractivity (Wildman–Crippen MR) is 111 cm³/mol. The van der Waals surface area contributed by atoms with Gasteiger partial charge in [0.1, 0.15) is 30.2 Å². The van der Waals surface area contributed by atoms with Crippen molar-refractivity contribution in [3.8, 4) is 0 Å². The largest absolute Gasteiger partial charge is 0.382 e. The summed E-state index contributed by atoms with van der Waals surface area (Å²) in [6.45, 7) is 7.51. The van der Waals surface area contributed by atoms with Crippen LogP contribution in [-0.2, 0) is 34.9 Å². The highest BCUT2D eigenvalue weighted by Crippen LogP contribution is 2.29. The zero-order valence-corrected chi connectivity index (χ0v) is 18.6. The van der Waals surface area contributed by atoms with Crippen molar-refractivity contribution in [2.45, 2.75) is 64.6 Å². The molecule has 0 saturated carbocycles. The molecule has 1 aromatic rings. The van der Waals surface area contributed by atoms with Crippen LogP contribution < -0.4 is 0 Å². The van der Waals surface area contributed by atoms with E-state index in [0.717, 1.165) is 6.42 Å². The number of carbonyl (C=O) groups excluding carboxylic acids is 1. The maximum absolute atomic E-state index is 9.44. The summed E-state index contributed by atoms with van der Waals surface area (Å²) in [5, 5.41) is 0. The Hall–Kier alpha value is -1.31. The van der Waals surface area contributed by atoms with Crippen LogP contribution in [0.3, 0.4) is 0 Å². The molecular formula is C22H38O6. The molecule has 1 fully saturated rings. The fraction of sp³-hybridized carbons (Fsp3) is 0.682. The summed E-state index contributed by atoms with van der Waals surface area (Å²) in [7, 11) is 6.68. The summed E-state index contributed by atoms with van der Waals surface area (Å²) in [4.78, 5) is 9.44. The molecule has 1 saturated heterocycles. The molecule has 0 bridgehead atoms. The molecule has 0 aliphatic carbocycles. The van der Waals surface area contributed by atoms with Gasteiger partial charge in [0.25, 0.3) is 0 Å². The van der Waals surface area contributed by atoms with Crippen LogP contribution in [0.15, 0.2) is 30.3 Å². The van der Waals surface area contributed by atoms with Crippen molar-refractivity contribution in [3.63, 3.8) is 0 Å². The third kappa shape index (κ3) is 8.80. The molecule has 6 nitrogen and oxygen atoms in total. The van der Waals surface area contributed by atoms with Gasteiger partial charge in [-0.25, -0.2) is 0 Å². The molecule has 28 heavy (non-hydrogen) atoms. The van der Waals surface area contributed by atoms with Gasteiger partial charge in [-0.1, -0.05) is 44.2 Å². The van der Waals surface area contributed by atoms with Crippen LogP contribution in [0, 0.1) is 0 Å². The molecule has 1 aromatic carbocycles. The molecule has 0 spiro atoms. The number of hydrogen-bond acceptors (Lipinski definition) is 6. The van der Waals surface area contributed by atoms with E-state index < -0.39 is 0 Å². The number of ketones is 1. The third-order valence-corrected chi connectivity index (χ3v) is 4.16. The van der Waals surface area contributed by atoms with Gasteiger partial charge in [-0.05, 0) is 19.4 Å². The van der Waals surface area contributed by atoms with Gasteiger partial charge >= 0.3 is 0 Å². The fourth-order valence-corrected chi connectivity index (χ4v) is 3.14. The Labute approximate surface area is 170 Å². The summed E-state index contributed by atoms with van der Waals surface area (Å²) >= 11 is 0. The molecule has 2 rings (SSSR count). The van der Waals surface area contributed by atoms with Crippen LogP contribution in [-0.4, -0.2) is 71.3 Å². The predicted octanol–water partition coefficient (Wildman–Crippen LogP) is 3.31. The van der Waals surface area contributed by atoms with E-state index in [9.17, 15) is 4.79 Å². The van der Waals surface area contributed by atoms with Crippen LogP contribution in [0.25, 0.3) is 0 Å². The minimum Gasteiger partial charge on any atom is -0.382 e. The number of rotatable bonds is 7. The maximum atomic E-state index is 9.44. The second-order valence-electron chi connectivity index (χ2n) is 6.37. The number of ether oxygens (including phenoxy) is 5. The quantitative estimate of drug-likeness (QED) is 0.702. The van der Waals surface area contributed by atoms with Crippen molar-refractivity contribution in [1.29, 1.82) is 0 Å². The van der Waals surface area contributed by atoms with E-state index in [-0.39, 0.29) is 36.3 Å². The molecule has 5 atom stereocenters. The van der Waals surface area contributed by atoms with E-state index in [2.05, 4.69) is 12.1 Å². The summed E-state index contributed by atoms with van der Waals surface area (Å²) in [6.07, 6.45) is -0.137. The van der Waals surface area contributed by atoms with Gasteiger partial charge in [0.05, 0.1) is 12.7 Å². The van der Waals surface area contributed by atoms with Gasteiger partial charge in [0.2, 0.25) is 0 Å². The average Bonchev–Trinajstić information content (AvgIpc) is 2.69. The Morgan fingerprint density at radius 3 is 1.75 bits per heavy atom. The second-order valence-corrected chi connectivity index (χ2v) is 6.37. The van der Waals surface area contributed by atoms with E-state index in [0.29, 0.717) is 6.61 Å². The minimum atomic E-state index is -0.220. The normalized spacial score (nSPS) is 26.4. The van der Waals surface area contributed by atoms with Crippen LogP contribution in [0.4, 0.5) is 0 Å². The van der Waals surface area contributed by atoms with Gasteiger partial charge in [0.15, 0.2) is 0 Å². The third-order valence-electron chi connectivity index (χ3n) is 4.16. The number of Topliss-reactive ketones (excluding diaryl/α,β-unsaturated/α-hetero) is 1. The number of methoxy groups -OCH3 is 4. The lowest BCUT2D eigenvalue weighted by Gasteiger charge is -2.45. The summed E-state index contributed by atoms with van der Waals surface area (Å²) in [6, 6.07) is 10.2. The molecule has 162 valence electrons. The molecule has 0 aromatic heterocycles.